The molecule has 0 unspecified atom stereocenters. The van der Waals surface area contributed by atoms with Gasteiger partial charge in [-0.15, -0.1) is 0 Å². The van der Waals surface area contributed by atoms with E-state index in [1.807, 2.05) is 19.1 Å². The summed E-state index contributed by atoms with van der Waals surface area (Å²) in [6.07, 6.45) is 3.16. The molecule has 0 aromatic carbocycles. The van der Waals surface area contributed by atoms with Crippen molar-refractivity contribution < 1.29 is 0 Å². The summed E-state index contributed by atoms with van der Waals surface area (Å²) in [5.74, 6) is 0.479. The number of aryl methyl sites for hydroxylation is 1. The molecule has 0 radical (unpaired) electrons. The molecule has 5 heteroatoms. The molecule has 0 spiro atoms. The van der Waals surface area contributed by atoms with Crippen molar-refractivity contribution >= 4 is 15.9 Å². The molecule has 0 fully saturated rings. The molecule has 1 N–H and O–H groups in total. The van der Waals surface area contributed by atoms with Crippen LogP contribution in [-0.2, 0) is 0 Å². The van der Waals surface area contributed by atoms with Gasteiger partial charge in [-0.2, -0.15) is 0 Å². The minimum atomic E-state index is -0.205. The van der Waals surface area contributed by atoms with Crippen LogP contribution in [0.1, 0.15) is 5.56 Å². The Labute approximate surface area is 94.5 Å². The van der Waals surface area contributed by atoms with Crippen molar-refractivity contribution in [3.63, 3.8) is 0 Å². The van der Waals surface area contributed by atoms with Crippen molar-refractivity contribution in [3.05, 3.63) is 44.9 Å². The Hall–Kier alpha value is -1.49. The van der Waals surface area contributed by atoms with Crippen molar-refractivity contribution in [1.29, 1.82) is 0 Å². The van der Waals surface area contributed by atoms with Gasteiger partial charge in [0.2, 0.25) is 0 Å². The van der Waals surface area contributed by atoms with Crippen LogP contribution < -0.4 is 5.56 Å². The van der Waals surface area contributed by atoms with Gasteiger partial charge in [-0.3, -0.25) is 9.78 Å². The third kappa shape index (κ3) is 2.12. The number of aromatic amines is 1. The van der Waals surface area contributed by atoms with Gasteiger partial charge in [-0.05, 0) is 40.5 Å². The Balaban J connectivity index is 2.55. The van der Waals surface area contributed by atoms with Gasteiger partial charge >= 0.3 is 0 Å². The SMILES string of the molecule is Cc1ccnc(-c2ncc(Br)c(=O)[nH]2)c1. The standard InChI is InChI=1S/C10H8BrN3O/c1-6-2-3-12-8(4-6)9-13-5-7(11)10(15)14-9/h2-5H,1H3,(H,13,14,15). The number of pyridine rings is 1. The maximum absolute atomic E-state index is 11.3. The second-order valence-corrected chi connectivity index (χ2v) is 3.98. The predicted octanol–water partition coefficient (Wildman–Crippen LogP) is 1.90. The van der Waals surface area contributed by atoms with Crippen molar-refractivity contribution in [2.75, 3.05) is 0 Å². The molecule has 2 rings (SSSR count). The lowest BCUT2D eigenvalue weighted by Crippen LogP contribution is -2.09. The minimum absolute atomic E-state index is 0.205. The number of rotatable bonds is 1. The van der Waals surface area contributed by atoms with Crippen LogP contribution in [0, 0.1) is 6.92 Å². The van der Waals surface area contributed by atoms with Crippen molar-refractivity contribution in [2.45, 2.75) is 6.92 Å². The van der Waals surface area contributed by atoms with Crippen LogP contribution in [-0.4, -0.2) is 15.0 Å². The monoisotopic (exact) mass is 265 g/mol. The average Bonchev–Trinajstić information content (AvgIpc) is 2.22. The van der Waals surface area contributed by atoms with Gasteiger partial charge in [-0.25, -0.2) is 4.98 Å². The summed E-state index contributed by atoms with van der Waals surface area (Å²) in [6.45, 7) is 1.96. The van der Waals surface area contributed by atoms with Gasteiger partial charge < -0.3 is 4.98 Å². The van der Waals surface area contributed by atoms with E-state index in [1.54, 1.807) is 6.20 Å². The Kier molecular flexibility index (Phi) is 2.64. The highest BCUT2D eigenvalue weighted by molar-refractivity contribution is 9.10. The minimum Gasteiger partial charge on any atom is -0.304 e. The van der Waals surface area contributed by atoms with Gasteiger partial charge in [0, 0.05) is 12.4 Å². The topological polar surface area (TPSA) is 58.6 Å². The van der Waals surface area contributed by atoms with E-state index in [0.29, 0.717) is 16.0 Å². The van der Waals surface area contributed by atoms with Gasteiger partial charge in [0.1, 0.15) is 10.2 Å². The number of halogens is 1. The molecule has 0 bridgehead atoms. The smallest absolute Gasteiger partial charge is 0.265 e. The highest BCUT2D eigenvalue weighted by Gasteiger charge is 2.03. The molecule has 76 valence electrons. The predicted molar refractivity (Wildman–Crippen MR) is 60.5 cm³/mol. The van der Waals surface area contributed by atoms with E-state index in [4.69, 9.17) is 0 Å². The number of hydrogen-bond donors (Lipinski definition) is 1. The summed E-state index contributed by atoms with van der Waals surface area (Å²) in [7, 11) is 0. The summed E-state index contributed by atoms with van der Waals surface area (Å²) < 4.78 is 0.416. The largest absolute Gasteiger partial charge is 0.304 e. The lowest BCUT2D eigenvalue weighted by atomic mass is 10.2. The average molecular weight is 266 g/mol. The molecule has 0 atom stereocenters. The molecule has 2 aromatic rings. The lowest BCUT2D eigenvalue weighted by molar-refractivity contribution is 1.08. The number of nitrogens with one attached hydrogen (secondary N) is 1. The van der Waals surface area contributed by atoms with E-state index < -0.39 is 0 Å². The van der Waals surface area contributed by atoms with Crippen molar-refractivity contribution in [1.82, 2.24) is 15.0 Å². The first kappa shape index (κ1) is 10.0. The Morgan fingerprint density at radius 1 is 1.40 bits per heavy atom. The maximum Gasteiger partial charge on any atom is 0.265 e. The quantitative estimate of drug-likeness (QED) is 0.857. The zero-order chi connectivity index (χ0) is 10.8. The first-order valence-electron chi connectivity index (χ1n) is 4.34. The third-order valence-electron chi connectivity index (χ3n) is 1.91. The second-order valence-electron chi connectivity index (χ2n) is 3.13. The maximum atomic E-state index is 11.3. The zero-order valence-corrected chi connectivity index (χ0v) is 9.58. The van der Waals surface area contributed by atoms with Gasteiger partial charge in [0.05, 0.1) is 0 Å². The van der Waals surface area contributed by atoms with Crippen LogP contribution in [0.5, 0.6) is 0 Å². The summed E-state index contributed by atoms with van der Waals surface area (Å²) in [4.78, 5) is 22.2. The summed E-state index contributed by atoms with van der Waals surface area (Å²) in [6, 6.07) is 3.76. The normalized spacial score (nSPS) is 10.3. The fourth-order valence-electron chi connectivity index (χ4n) is 1.18. The molecule has 2 heterocycles. The van der Waals surface area contributed by atoms with Crippen LogP contribution in [0.4, 0.5) is 0 Å². The highest BCUT2D eigenvalue weighted by atomic mass is 79.9. The number of H-pyrrole nitrogens is 1. The molecule has 0 aliphatic carbocycles. The zero-order valence-electron chi connectivity index (χ0n) is 7.99. The third-order valence-corrected chi connectivity index (χ3v) is 2.48. The fourth-order valence-corrected chi connectivity index (χ4v) is 1.38. The van der Waals surface area contributed by atoms with Crippen LogP contribution in [0.3, 0.4) is 0 Å². The van der Waals surface area contributed by atoms with Gasteiger partial charge in [0.15, 0.2) is 5.82 Å². The van der Waals surface area contributed by atoms with E-state index in [0.717, 1.165) is 5.56 Å². The van der Waals surface area contributed by atoms with E-state index in [9.17, 15) is 4.79 Å². The molecule has 0 saturated heterocycles. The van der Waals surface area contributed by atoms with Crippen LogP contribution in [0.15, 0.2) is 33.8 Å². The summed E-state index contributed by atoms with van der Waals surface area (Å²) >= 11 is 3.09. The van der Waals surface area contributed by atoms with Crippen molar-refractivity contribution in [2.24, 2.45) is 0 Å². The molecule has 2 aromatic heterocycles. The molecule has 0 saturated carbocycles. The summed E-state index contributed by atoms with van der Waals surface area (Å²) in [5, 5.41) is 0. The molecule has 0 aliphatic rings. The van der Waals surface area contributed by atoms with Crippen LogP contribution in [0.2, 0.25) is 0 Å². The Morgan fingerprint density at radius 2 is 2.20 bits per heavy atom. The molecule has 0 amide bonds. The van der Waals surface area contributed by atoms with E-state index in [2.05, 4.69) is 30.9 Å². The number of aromatic nitrogens is 3. The number of hydrogen-bond acceptors (Lipinski definition) is 3. The molecule has 4 nitrogen and oxygen atoms in total. The van der Waals surface area contributed by atoms with E-state index in [-0.39, 0.29) is 5.56 Å². The van der Waals surface area contributed by atoms with Crippen LogP contribution in [0.25, 0.3) is 11.5 Å². The molecular formula is C10H8BrN3O. The fraction of sp³-hybridized carbons (Fsp3) is 0.100. The summed E-state index contributed by atoms with van der Waals surface area (Å²) in [5.41, 5.74) is 1.54. The van der Waals surface area contributed by atoms with Crippen molar-refractivity contribution in [3.8, 4) is 11.5 Å². The molecule has 0 aliphatic heterocycles. The highest BCUT2D eigenvalue weighted by Crippen LogP contribution is 2.11. The van der Waals surface area contributed by atoms with E-state index >= 15 is 0 Å². The lowest BCUT2D eigenvalue weighted by Gasteiger charge is -2.00. The van der Waals surface area contributed by atoms with Gasteiger partial charge in [0.25, 0.3) is 5.56 Å². The van der Waals surface area contributed by atoms with E-state index in [1.165, 1.54) is 6.20 Å². The Morgan fingerprint density at radius 3 is 2.87 bits per heavy atom. The van der Waals surface area contributed by atoms with Crippen LogP contribution >= 0.6 is 15.9 Å². The number of nitrogens with zero attached hydrogens (tertiary/aromatic N) is 2. The first-order chi connectivity index (χ1) is 7.16. The van der Waals surface area contributed by atoms with Gasteiger partial charge in [-0.1, -0.05) is 0 Å². The first-order valence-corrected chi connectivity index (χ1v) is 5.14. The Bertz CT molecular complexity index is 550. The second kappa shape index (κ2) is 3.94. The molecule has 15 heavy (non-hydrogen) atoms. The molecular weight excluding hydrogens is 258 g/mol.